The second-order valence-corrected chi connectivity index (χ2v) is 4.61. The standard InChI is InChI=1S/C16H17NO6/c1-21-8-9-22-12-4-2-11(3-5-12)13-6-7-14(23-13)16(20)17-10-15(18)19/h2-7H,8-10H2,1H3,(H,17,20)(H,18,19). The summed E-state index contributed by atoms with van der Waals surface area (Å²) in [7, 11) is 1.60. The van der Waals surface area contributed by atoms with Gasteiger partial charge in [-0.25, -0.2) is 0 Å². The molecular formula is C16H17NO6. The monoisotopic (exact) mass is 319 g/mol. The first-order valence-electron chi connectivity index (χ1n) is 6.92. The molecule has 0 aliphatic carbocycles. The van der Waals surface area contributed by atoms with Crippen LogP contribution < -0.4 is 10.1 Å². The van der Waals surface area contributed by atoms with Crippen molar-refractivity contribution >= 4 is 11.9 Å². The maximum Gasteiger partial charge on any atom is 0.322 e. The summed E-state index contributed by atoms with van der Waals surface area (Å²) in [4.78, 5) is 22.1. The molecule has 0 fully saturated rings. The lowest BCUT2D eigenvalue weighted by molar-refractivity contribution is -0.135. The molecule has 0 aliphatic rings. The van der Waals surface area contributed by atoms with E-state index >= 15 is 0 Å². The van der Waals surface area contributed by atoms with Crippen LogP contribution in [-0.2, 0) is 9.53 Å². The first kappa shape index (κ1) is 16.6. The van der Waals surface area contributed by atoms with E-state index in [0.717, 1.165) is 5.56 Å². The number of carboxylic acid groups (broad SMARTS) is 1. The van der Waals surface area contributed by atoms with Crippen LogP contribution in [0.1, 0.15) is 10.6 Å². The first-order valence-corrected chi connectivity index (χ1v) is 6.92. The number of benzene rings is 1. The van der Waals surface area contributed by atoms with Crippen LogP contribution in [0, 0.1) is 0 Å². The van der Waals surface area contributed by atoms with Crippen LogP contribution in [0.3, 0.4) is 0 Å². The smallest absolute Gasteiger partial charge is 0.322 e. The average molecular weight is 319 g/mol. The minimum Gasteiger partial charge on any atom is -0.491 e. The highest BCUT2D eigenvalue weighted by molar-refractivity contribution is 5.93. The van der Waals surface area contributed by atoms with Gasteiger partial charge in [0.05, 0.1) is 6.61 Å². The maximum absolute atomic E-state index is 11.7. The number of carbonyl (C=O) groups excluding carboxylic acids is 1. The Bertz CT molecular complexity index is 661. The Morgan fingerprint density at radius 3 is 2.52 bits per heavy atom. The summed E-state index contributed by atoms with van der Waals surface area (Å²) >= 11 is 0. The van der Waals surface area contributed by atoms with Gasteiger partial charge in [-0.05, 0) is 36.4 Å². The largest absolute Gasteiger partial charge is 0.491 e. The van der Waals surface area contributed by atoms with Crippen molar-refractivity contribution in [3.8, 4) is 17.1 Å². The Balaban J connectivity index is 1.99. The van der Waals surface area contributed by atoms with Gasteiger partial charge in [-0.15, -0.1) is 0 Å². The van der Waals surface area contributed by atoms with Gasteiger partial charge in [-0.2, -0.15) is 0 Å². The number of aliphatic carboxylic acids is 1. The van der Waals surface area contributed by atoms with Crippen LogP contribution in [0.4, 0.5) is 0 Å². The molecule has 1 heterocycles. The second kappa shape index (κ2) is 8.00. The molecule has 7 nitrogen and oxygen atoms in total. The Kier molecular flexibility index (Phi) is 5.76. The highest BCUT2D eigenvalue weighted by atomic mass is 16.5. The van der Waals surface area contributed by atoms with Gasteiger partial charge in [0.25, 0.3) is 5.91 Å². The predicted octanol–water partition coefficient (Wildman–Crippen LogP) is 1.79. The highest BCUT2D eigenvalue weighted by Crippen LogP contribution is 2.24. The van der Waals surface area contributed by atoms with Gasteiger partial charge in [0.1, 0.15) is 24.7 Å². The minimum atomic E-state index is -1.12. The molecule has 2 N–H and O–H groups in total. The van der Waals surface area contributed by atoms with Crippen LogP contribution in [0.2, 0.25) is 0 Å². The lowest BCUT2D eigenvalue weighted by Crippen LogP contribution is -2.28. The van der Waals surface area contributed by atoms with Gasteiger partial charge < -0.3 is 24.3 Å². The molecule has 1 aromatic heterocycles. The lowest BCUT2D eigenvalue weighted by atomic mass is 10.2. The summed E-state index contributed by atoms with van der Waals surface area (Å²) in [5.74, 6) is -0.417. The van der Waals surface area contributed by atoms with Crippen LogP contribution in [-0.4, -0.2) is 43.9 Å². The number of carboxylic acids is 1. The first-order chi connectivity index (χ1) is 11.1. The summed E-state index contributed by atoms with van der Waals surface area (Å²) in [6.07, 6.45) is 0. The number of carbonyl (C=O) groups is 2. The molecule has 0 bridgehead atoms. The van der Waals surface area contributed by atoms with E-state index in [1.165, 1.54) is 6.07 Å². The van der Waals surface area contributed by atoms with Crippen molar-refractivity contribution in [2.75, 3.05) is 26.9 Å². The molecular weight excluding hydrogens is 302 g/mol. The van der Waals surface area contributed by atoms with Gasteiger partial charge in [0.2, 0.25) is 0 Å². The molecule has 23 heavy (non-hydrogen) atoms. The zero-order valence-electron chi connectivity index (χ0n) is 12.6. The van der Waals surface area contributed by atoms with Gasteiger partial charge >= 0.3 is 5.97 Å². The summed E-state index contributed by atoms with van der Waals surface area (Å²) in [5.41, 5.74) is 0.779. The number of methoxy groups -OCH3 is 1. The SMILES string of the molecule is COCCOc1ccc(-c2ccc(C(=O)NCC(=O)O)o2)cc1. The van der Waals surface area contributed by atoms with Crippen molar-refractivity contribution in [2.45, 2.75) is 0 Å². The van der Waals surface area contributed by atoms with E-state index < -0.39 is 18.4 Å². The second-order valence-electron chi connectivity index (χ2n) is 4.61. The van der Waals surface area contributed by atoms with Crippen molar-refractivity contribution in [3.63, 3.8) is 0 Å². The fraction of sp³-hybridized carbons (Fsp3) is 0.250. The molecule has 1 amide bonds. The van der Waals surface area contributed by atoms with E-state index in [0.29, 0.717) is 24.7 Å². The summed E-state index contributed by atoms with van der Waals surface area (Å²) in [6.45, 7) is 0.515. The van der Waals surface area contributed by atoms with E-state index in [4.69, 9.17) is 19.0 Å². The maximum atomic E-state index is 11.7. The van der Waals surface area contributed by atoms with Crippen molar-refractivity contribution < 1.29 is 28.6 Å². The lowest BCUT2D eigenvalue weighted by Gasteiger charge is -2.05. The zero-order chi connectivity index (χ0) is 16.7. The molecule has 122 valence electrons. The molecule has 7 heteroatoms. The number of ether oxygens (including phenoxy) is 2. The molecule has 0 spiro atoms. The van der Waals surface area contributed by atoms with Gasteiger partial charge in [-0.1, -0.05) is 0 Å². The fourth-order valence-corrected chi connectivity index (χ4v) is 1.82. The van der Waals surface area contributed by atoms with Gasteiger partial charge in [0, 0.05) is 12.7 Å². The predicted molar refractivity (Wildman–Crippen MR) is 81.5 cm³/mol. The van der Waals surface area contributed by atoms with Crippen LogP contribution in [0.15, 0.2) is 40.8 Å². The topological polar surface area (TPSA) is 98.0 Å². The molecule has 2 rings (SSSR count). The third kappa shape index (κ3) is 4.86. The fourth-order valence-electron chi connectivity index (χ4n) is 1.82. The van der Waals surface area contributed by atoms with E-state index in [9.17, 15) is 9.59 Å². The Hall–Kier alpha value is -2.80. The van der Waals surface area contributed by atoms with Crippen molar-refractivity contribution in [1.82, 2.24) is 5.32 Å². The van der Waals surface area contributed by atoms with Crippen molar-refractivity contribution in [2.24, 2.45) is 0 Å². The van der Waals surface area contributed by atoms with E-state index in [1.54, 1.807) is 37.4 Å². The molecule has 0 saturated carbocycles. The number of rotatable bonds is 8. The van der Waals surface area contributed by atoms with Crippen molar-refractivity contribution in [1.29, 1.82) is 0 Å². The number of hydrogen-bond acceptors (Lipinski definition) is 5. The summed E-state index contributed by atoms with van der Waals surface area (Å²) in [5, 5.41) is 10.8. The molecule has 0 saturated heterocycles. The Morgan fingerprint density at radius 1 is 1.13 bits per heavy atom. The third-order valence-electron chi connectivity index (χ3n) is 2.92. The third-order valence-corrected chi connectivity index (χ3v) is 2.92. The summed E-state index contributed by atoms with van der Waals surface area (Å²) < 4.78 is 15.8. The molecule has 2 aromatic rings. The number of furan rings is 1. The number of nitrogens with one attached hydrogen (secondary N) is 1. The highest BCUT2D eigenvalue weighted by Gasteiger charge is 2.13. The van der Waals surface area contributed by atoms with Crippen LogP contribution in [0.25, 0.3) is 11.3 Å². The van der Waals surface area contributed by atoms with E-state index in [1.807, 2.05) is 0 Å². The molecule has 1 aromatic carbocycles. The van der Waals surface area contributed by atoms with Crippen LogP contribution >= 0.6 is 0 Å². The minimum absolute atomic E-state index is 0.0571. The normalized spacial score (nSPS) is 10.3. The van der Waals surface area contributed by atoms with Gasteiger partial charge in [0.15, 0.2) is 5.76 Å². The quantitative estimate of drug-likeness (QED) is 0.720. The molecule has 0 unspecified atom stereocenters. The molecule has 0 radical (unpaired) electrons. The zero-order valence-corrected chi connectivity index (χ0v) is 12.6. The van der Waals surface area contributed by atoms with E-state index in [-0.39, 0.29) is 5.76 Å². The van der Waals surface area contributed by atoms with E-state index in [2.05, 4.69) is 5.32 Å². The summed E-state index contributed by atoms with van der Waals surface area (Å²) in [6, 6.07) is 10.3. The molecule has 0 atom stereocenters. The number of amides is 1. The van der Waals surface area contributed by atoms with Crippen LogP contribution in [0.5, 0.6) is 5.75 Å². The Morgan fingerprint density at radius 2 is 1.87 bits per heavy atom. The Labute approximate surface area is 132 Å². The average Bonchev–Trinajstić information content (AvgIpc) is 3.03. The van der Waals surface area contributed by atoms with Crippen molar-refractivity contribution in [3.05, 3.63) is 42.2 Å². The van der Waals surface area contributed by atoms with Gasteiger partial charge in [-0.3, -0.25) is 9.59 Å². The molecule has 0 aliphatic heterocycles. The number of hydrogen-bond donors (Lipinski definition) is 2.